The number of rotatable bonds is 6. The standard InChI is InChI=1S/C17H19N3O4S/c1-20(2)25(23,24)15-9-3-12(4-10-15)11-16(21)19-14-7-5-13(6-8-14)17(18)22/h3-10H,11H2,1-2H3,(H2,18,22)(H,19,21). The van der Waals surface area contributed by atoms with Gasteiger partial charge in [-0.2, -0.15) is 0 Å². The lowest BCUT2D eigenvalue weighted by Gasteiger charge is -2.11. The second-order valence-electron chi connectivity index (χ2n) is 5.60. The van der Waals surface area contributed by atoms with E-state index in [1.807, 2.05) is 0 Å². The quantitative estimate of drug-likeness (QED) is 0.806. The molecule has 2 aromatic carbocycles. The van der Waals surface area contributed by atoms with Gasteiger partial charge in [-0.05, 0) is 42.0 Å². The summed E-state index contributed by atoms with van der Waals surface area (Å²) in [7, 11) is -0.570. The highest BCUT2D eigenvalue weighted by Gasteiger charge is 2.16. The van der Waals surface area contributed by atoms with Crippen molar-refractivity contribution in [3.05, 3.63) is 59.7 Å². The van der Waals surface area contributed by atoms with Crippen molar-refractivity contribution in [1.29, 1.82) is 0 Å². The SMILES string of the molecule is CN(C)S(=O)(=O)c1ccc(CC(=O)Nc2ccc(C(N)=O)cc2)cc1. The number of carbonyl (C=O) groups excluding carboxylic acids is 2. The molecular formula is C17H19N3O4S. The molecule has 0 saturated carbocycles. The Morgan fingerprint density at radius 1 is 1.00 bits per heavy atom. The third-order valence-electron chi connectivity index (χ3n) is 3.52. The molecule has 3 N–H and O–H groups in total. The Morgan fingerprint density at radius 3 is 2.04 bits per heavy atom. The van der Waals surface area contributed by atoms with Crippen molar-refractivity contribution in [2.75, 3.05) is 19.4 Å². The number of anilines is 1. The van der Waals surface area contributed by atoms with Gasteiger partial charge in [0.15, 0.2) is 0 Å². The van der Waals surface area contributed by atoms with E-state index in [0.717, 1.165) is 4.31 Å². The van der Waals surface area contributed by atoms with Crippen LogP contribution in [0.1, 0.15) is 15.9 Å². The molecule has 0 aliphatic heterocycles. The van der Waals surface area contributed by atoms with Gasteiger partial charge >= 0.3 is 0 Å². The maximum absolute atomic E-state index is 12.1. The van der Waals surface area contributed by atoms with Gasteiger partial charge in [0.2, 0.25) is 21.8 Å². The largest absolute Gasteiger partial charge is 0.366 e. The van der Waals surface area contributed by atoms with Crippen LogP contribution in [-0.2, 0) is 21.2 Å². The summed E-state index contributed by atoms with van der Waals surface area (Å²) < 4.78 is 25.1. The van der Waals surface area contributed by atoms with E-state index in [1.54, 1.807) is 24.3 Å². The normalized spacial score (nSPS) is 11.3. The molecule has 0 fully saturated rings. The van der Waals surface area contributed by atoms with Gasteiger partial charge in [-0.25, -0.2) is 12.7 Å². The van der Waals surface area contributed by atoms with Crippen molar-refractivity contribution in [3.63, 3.8) is 0 Å². The third-order valence-corrected chi connectivity index (χ3v) is 5.35. The van der Waals surface area contributed by atoms with Crippen LogP contribution in [0.2, 0.25) is 0 Å². The van der Waals surface area contributed by atoms with Crippen LogP contribution in [0.4, 0.5) is 5.69 Å². The summed E-state index contributed by atoms with van der Waals surface area (Å²) in [5.74, 6) is -0.791. The van der Waals surface area contributed by atoms with Gasteiger partial charge in [0.1, 0.15) is 0 Å². The number of nitrogens with one attached hydrogen (secondary N) is 1. The Kier molecular flexibility index (Phi) is 5.55. The first-order valence-corrected chi connectivity index (χ1v) is 8.85. The highest BCUT2D eigenvalue weighted by molar-refractivity contribution is 7.89. The summed E-state index contributed by atoms with van der Waals surface area (Å²) in [4.78, 5) is 23.2. The Morgan fingerprint density at radius 2 is 1.56 bits per heavy atom. The minimum absolute atomic E-state index is 0.0971. The lowest BCUT2D eigenvalue weighted by Crippen LogP contribution is -2.22. The number of hydrogen-bond donors (Lipinski definition) is 2. The molecule has 0 unspecified atom stereocenters. The van der Waals surface area contributed by atoms with Gasteiger partial charge in [0.05, 0.1) is 11.3 Å². The van der Waals surface area contributed by atoms with E-state index in [0.29, 0.717) is 16.8 Å². The summed E-state index contributed by atoms with van der Waals surface area (Å²) in [6, 6.07) is 12.4. The molecule has 2 rings (SSSR count). The highest BCUT2D eigenvalue weighted by Crippen LogP contribution is 2.15. The summed E-state index contributed by atoms with van der Waals surface area (Å²) in [6.07, 6.45) is 0.0971. The number of sulfonamides is 1. The predicted molar refractivity (Wildman–Crippen MR) is 94.6 cm³/mol. The first-order valence-electron chi connectivity index (χ1n) is 7.41. The number of nitrogens with two attached hydrogens (primary N) is 1. The monoisotopic (exact) mass is 361 g/mol. The molecule has 0 aliphatic carbocycles. The van der Waals surface area contributed by atoms with E-state index in [4.69, 9.17) is 5.73 Å². The number of hydrogen-bond acceptors (Lipinski definition) is 4. The summed E-state index contributed by atoms with van der Waals surface area (Å²) in [5, 5.41) is 2.70. The minimum atomic E-state index is -3.49. The number of primary amides is 1. The van der Waals surface area contributed by atoms with Gasteiger partial charge in [0.25, 0.3) is 0 Å². The fraction of sp³-hybridized carbons (Fsp3) is 0.176. The Balaban J connectivity index is 2.02. The lowest BCUT2D eigenvalue weighted by atomic mass is 10.1. The number of nitrogens with zero attached hydrogens (tertiary/aromatic N) is 1. The fourth-order valence-corrected chi connectivity index (χ4v) is 3.00. The van der Waals surface area contributed by atoms with Gasteiger partial charge < -0.3 is 11.1 Å². The van der Waals surface area contributed by atoms with Crippen molar-refractivity contribution in [2.45, 2.75) is 11.3 Å². The molecule has 2 amide bonds. The molecule has 0 saturated heterocycles. The second-order valence-corrected chi connectivity index (χ2v) is 7.75. The second kappa shape index (κ2) is 7.45. The maximum atomic E-state index is 12.1. The van der Waals surface area contributed by atoms with Gasteiger partial charge in [0, 0.05) is 25.3 Å². The van der Waals surface area contributed by atoms with E-state index < -0.39 is 15.9 Å². The summed E-state index contributed by atoms with van der Waals surface area (Å²) >= 11 is 0. The van der Waals surface area contributed by atoms with Crippen LogP contribution in [-0.4, -0.2) is 38.6 Å². The van der Waals surface area contributed by atoms with Gasteiger partial charge in [-0.3, -0.25) is 9.59 Å². The zero-order valence-electron chi connectivity index (χ0n) is 13.9. The zero-order valence-corrected chi connectivity index (χ0v) is 14.7. The Hall–Kier alpha value is -2.71. The van der Waals surface area contributed by atoms with E-state index in [-0.39, 0.29) is 17.2 Å². The van der Waals surface area contributed by atoms with E-state index in [2.05, 4.69) is 5.32 Å². The molecule has 0 atom stereocenters. The maximum Gasteiger partial charge on any atom is 0.248 e. The molecule has 132 valence electrons. The van der Waals surface area contributed by atoms with Gasteiger partial charge in [-0.1, -0.05) is 12.1 Å². The summed E-state index contributed by atoms with van der Waals surface area (Å²) in [5.41, 5.74) is 6.74. The Bertz CT molecular complexity index is 873. The van der Waals surface area contributed by atoms with E-state index in [1.165, 1.54) is 38.4 Å². The molecule has 2 aromatic rings. The molecule has 0 radical (unpaired) electrons. The molecule has 0 bridgehead atoms. The van der Waals surface area contributed by atoms with Gasteiger partial charge in [-0.15, -0.1) is 0 Å². The van der Waals surface area contributed by atoms with Crippen LogP contribution in [0.15, 0.2) is 53.4 Å². The van der Waals surface area contributed by atoms with E-state index in [9.17, 15) is 18.0 Å². The highest BCUT2D eigenvalue weighted by atomic mass is 32.2. The Labute approximate surface area is 146 Å². The van der Waals surface area contributed by atoms with Crippen LogP contribution in [0, 0.1) is 0 Å². The molecule has 0 aromatic heterocycles. The van der Waals surface area contributed by atoms with Crippen LogP contribution in [0.3, 0.4) is 0 Å². The molecule has 8 heteroatoms. The molecule has 7 nitrogen and oxygen atoms in total. The number of benzene rings is 2. The third kappa shape index (κ3) is 4.65. The smallest absolute Gasteiger partial charge is 0.248 e. The molecule has 0 aliphatic rings. The van der Waals surface area contributed by atoms with Crippen LogP contribution in [0.5, 0.6) is 0 Å². The van der Waals surface area contributed by atoms with Crippen molar-refractivity contribution < 1.29 is 18.0 Å². The average molecular weight is 361 g/mol. The molecular weight excluding hydrogens is 342 g/mol. The number of carbonyl (C=O) groups is 2. The van der Waals surface area contributed by atoms with Crippen molar-refractivity contribution in [2.24, 2.45) is 5.73 Å². The average Bonchev–Trinajstić information content (AvgIpc) is 2.55. The van der Waals surface area contributed by atoms with E-state index >= 15 is 0 Å². The molecule has 0 heterocycles. The molecule has 25 heavy (non-hydrogen) atoms. The van der Waals surface area contributed by atoms with Crippen LogP contribution < -0.4 is 11.1 Å². The van der Waals surface area contributed by atoms with Crippen molar-refractivity contribution in [1.82, 2.24) is 4.31 Å². The van der Waals surface area contributed by atoms with Crippen LogP contribution >= 0.6 is 0 Å². The molecule has 0 spiro atoms. The fourth-order valence-electron chi connectivity index (χ4n) is 2.10. The van der Waals surface area contributed by atoms with Crippen molar-refractivity contribution in [3.8, 4) is 0 Å². The van der Waals surface area contributed by atoms with Crippen LogP contribution in [0.25, 0.3) is 0 Å². The number of amides is 2. The summed E-state index contributed by atoms with van der Waals surface area (Å²) in [6.45, 7) is 0. The predicted octanol–water partition coefficient (Wildman–Crippen LogP) is 1.22. The first-order chi connectivity index (χ1) is 11.7. The topological polar surface area (TPSA) is 110 Å². The minimum Gasteiger partial charge on any atom is -0.366 e. The first kappa shape index (κ1) is 18.6. The zero-order chi connectivity index (χ0) is 18.6. The van der Waals surface area contributed by atoms with Crippen molar-refractivity contribution >= 4 is 27.5 Å². The lowest BCUT2D eigenvalue weighted by molar-refractivity contribution is -0.115.